The molecular formula is C16H20N2S. The molecule has 2 nitrogen and oxygen atoms in total. The second-order valence-corrected chi connectivity index (χ2v) is 5.71. The van der Waals surface area contributed by atoms with E-state index in [1.54, 1.807) is 11.3 Å². The van der Waals surface area contributed by atoms with Crippen LogP contribution in [0.5, 0.6) is 0 Å². The Morgan fingerprint density at radius 2 is 1.95 bits per heavy atom. The number of aryl methyl sites for hydroxylation is 1. The molecule has 19 heavy (non-hydrogen) atoms. The largest absolute Gasteiger partial charge is 0.147 e. The third kappa shape index (κ3) is 4.00. The van der Waals surface area contributed by atoms with Crippen molar-refractivity contribution in [3.8, 4) is 10.6 Å². The van der Waals surface area contributed by atoms with Crippen LogP contribution in [0.15, 0.2) is 36.9 Å². The zero-order chi connectivity index (χ0) is 13.5. The van der Waals surface area contributed by atoms with Gasteiger partial charge in [-0.15, -0.1) is 16.8 Å². The zero-order valence-corrected chi connectivity index (χ0v) is 12.2. The predicted octanol–water partition coefficient (Wildman–Crippen LogP) is 4.67. The van der Waals surface area contributed by atoms with Crippen molar-refractivity contribution in [1.29, 1.82) is 0 Å². The molecule has 0 N–H and O–H groups in total. The van der Waals surface area contributed by atoms with Crippen LogP contribution in [-0.2, 0) is 12.8 Å². The minimum atomic E-state index is 0.915. The van der Waals surface area contributed by atoms with E-state index in [-0.39, 0.29) is 0 Å². The van der Waals surface area contributed by atoms with E-state index < -0.39 is 0 Å². The lowest BCUT2D eigenvalue weighted by atomic mass is 10.1. The number of aromatic nitrogens is 2. The summed E-state index contributed by atoms with van der Waals surface area (Å²) in [7, 11) is 0. The molecule has 0 saturated heterocycles. The molecule has 1 heterocycles. The van der Waals surface area contributed by atoms with Crippen LogP contribution in [0.1, 0.15) is 36.8 Å². The van der Waals surface area contributed by atoms with Gasteiger partial charge < -0.3 is 0 Å². The molecule has 0 aliphatic heterocycles. The Hall–Kier alpha value is -1.48. The molecule has 100 valence electrons. The maximum Gasteiger partial charge on any atom is 0.147 e. The highest BCUT2D eigenvalue weighted by atomic mass is 32.1. The number of hydrogen-bond acceptors (Lipinski definition) is 3. The molecule has 2 rings (SSSR count). The first kappa shape index (κ1) is 13.9. The van der Waals surface area contributed by atoms with Crippen molar-refractivity contribution in [2.45, 2.75) is 39.0 Å². The Morgan fingerprint density at radius 1 is 1.16 bits per heavy atom. The van der Waals surface area contributed by atoms with Gasteiger partial charge in [0.1, 0.15) is 10.0 Å². The van der Waals surface area contributed by atoms with Crippen LogP contribution in [0.2, 0.25) is 0 Å². The number of hydrogen-bond donors (Lipinski definition) is 0. The van der Waals surface area contributed by atoms with E-state index in [0.717, 1.165) is 28.4 Å². The molecule has 0 aliphatic rings. The van der Waals surface area contributed by atoms with E-state index in [1.807, 2.05) is 6.08 Å². The first-order valence-electron chi connectivity index (χ1n) is 6.86. The van der Waals surface area contributed by atoms with Crippen molar-refractivity contribution in [1.82, 2.24) is 10.2 Å². The summed E-state index contributed by atoms with van der Waals surface area (Å²) in [6.07, 6.45) is 7.62. The van der Waals surface area contributed by atoms with Gasteiger partial charge in [0, 0.05) is 12.0 Å². The van der Waals surface area contributed by atoms with Crippen LogP contribution >= 0.6 is 11.3 Å². The normalized spacial score (nSPS) is 10.6. The maximum absolute atomic E-state index is 4.29. The Morgan fingerprint density at radius 3 is 2.63 bits per heavy atom. The predicted molar refractivity (Wildman–Crippen MR) is 82.5 cm³/mol. The van der Waals surface area contributed by atoms with Gasteiger partial charge in [0.05, 0.1) is 0 Å². The molecule has 0 aliphatic carbocycles. The summed E-state index contributed by atoms with van der Waals surface area (Å²) >= 11 is 1.71. The quantitative estimate of drug-likeness (QED) is 0.541. The lowest BCUT2D eigenvalue weighted by Crippen LogP contribution is -1.83. The molecule has 2 aromatic rings. The fourth-order valence-corrected chi connectivity index (χ4v) is 2.83. The van der Waals surface area contributed by atoms with Gasteiger partial charge >= 0.3 is 0 Å². The monoisotopic (exact) mass is 272 g/mol. The highest BCUT2D eigenvalue weighted by Gasteiger charge is 2.06. The van der Waals surface area contributed by atoms with Crippen molar-refractivity contribution in [2.24, 2.45) is 0 Å². The third-order valence-corrected chi connectivity index (χ3v) is 4.07. The van der Waals surface area contributed by atoms with E-state index in [9.17, 15) is 0 Å². The summed E-state index contributed by atoms with van der Waals surface area (Å²) < 4.78 is 0. The number of unbranched alkanes of at least 4 members (excludes halogenated alkanes) is 2. The number of rotatable bonds is 7. The van der Waals surface area contributed by atoms with Gasteiger partial charge in [-0.1, -0.05) is 61.4 Å². The van der Waals surface area contributed by atoms with E-state index in [0.29, 0.717) is 0 Å². The average molecular weight is 272 g/mol. The second-order valence-electron chi connectivity index (χ2n) is 4.65. The van der Waals surface area contributed by atoms with Gasteiger partial charge in [-0.2, -0.15) is 0 Å². The van der Waals surface area contributed by atoms with E-state index >= 15 is 0 Å². The summed E-state index contributed by atoms with van der Waals surface area (Å²) in [6, 6.07) is 8.51. The molecule has 0 radical (unpaired) electrons. The van der Waals surface area contributed by atoms with Crippen LogP contribution in [0, 0.1) is 0 Å². The van der Waals surface area contributed by atoms with Gasteiger partial charge in [0.25, 0.3) is 0 Å². The molecule has 0 atom stereocenters. The van der Waals surface area contributed by atoms with Gasteiger partial charge in [-0.25, -0.2) is 0 Å². The lowest BCUT2D eigenvalue weighted by molar-refractivity contribution is 0.710. The molecular weight excluding hydrogens is 252 g/mol. The Kier molecular flexibility index (Phi) is 5.28. The summed E-state index contributed by atoms with van der Waals surface area (Å²) in [4.78, 5) is 0. The molecule has 0 saturated carbocycles. The van der Waals surface area contributed by atoms with Crippen LogP contribution in [0.25, 0.3) is 10.6 Å². The Balaban J connectivity index is 2.03. The highest BCUT2D eigenvalue weighted by Crippen LogP contribution is 2.24. The average Bonchev–Trinajstić information content (AvgIpc) is 2.89. The molecule has 0 bridgehead atoms. The number of nitrogens with zero attached hydrogens (tertiary/aromatic N) is 2. The fraction of sp³-hybridized carbons (Fsp3) is 0.375. The SMILES string of the molecule is C=CCc1ccc(-c2nnc(CCCCC)s2)cc1. The van der Waals surface area contributed by atoms with Crippen molar-refractivity contribution in [3.05, 3.63) is 47.5 Å². The third-order valence-electron chi connectivity index (χ3n) is 3.04. The van der Waals surface area contributed by atoms with E-state index in [1.165, 1.54) is 24.8 Å². The van der Waals surface area contributed by atoms with Crippen molar-refractivity contribution in [3.63, 3.8) is 0 Å². The van der Waals surface area contributed by atoms with Crippen molar-refractivity contribution in [2.75, 3.05) is 0 Å². The minimum absolute atomic E-state index is 0.915. The smallest absolute Gasteiger partial charge is 0.143 e. The standard InChI is InChI=1S/C16H20N2S/c1-3-5-6-8-15-17-18-16(19-15)14-11-9-13(7-4-2)10-12-14/h4,9-12H,2-3,5-8H2,1H3. The Bertz CT molecular complexity index is 514. The van der Waals surface area contributed by atoms with E-state index in [4.69, 9.17) is 0 Å². The fourth-order valence-electron chi connectivity index (χ4n) is 1.95. The minimum Gasteiger partial charge on any atom is -0.143 e. The molecule has 0 amide bonds. The van der Waals surface area contributed by atoms with Crippen LogP contribution < -0.4 is 0 Å². The first-order chi connectivity index (χ1) is 9.33. The summed E-state index contributed by atoms with van der Waals surface area (Å²) in [5.41, 5.74) is 2.44. The van der Waals surface area contributed by atoms with Crippen molar-refractivity contribution < 1.29 is 0 Å². The highest BCUT2D eigenvalue weighted by molar-refractivity contribution is 7.14. The van der Waals surface area contributed by atoms with Crippen molar-refractivity contribution >= 4 is 11.3 Å². The zero-order valence-electron chi connectivity index (χ0n) is 11.4. The summed E-state index contributed by atoms with van der Waals surface area (Å²) in [5, 5.41) is 10.7. The van der Waals surface area contributed by atoms with Crippen LogP contribution in [0.3, 0.4) is 0 Å². The Labute approximate surface area is 119 Å². The first-order valence-corrected chi connectivity index (χ1v) is 7.67. The molecule has 0 spiro atoms. The van der Waals surface area contributed by atoms with Gasteiger partial charge in [-0.05, 0) is 18.4 Å². The molecule has 1 aromatic carbocycles. The lowest BCUT2D eigenvalue weighted by Gasteiger charge is -1.98. The van der Waals surface area contributed by atoms with E-state index in [2.05, 4.69) is 48.0 Å². The van der Waals surface area contributed by atoms with Crippen LogP contribution in [-0.4, -0.2) is 10.2 Å². The summed E-state index contributed by atoms with van der Waals surface area (Å²) in [6.45, 7) is 5.97. The molecule has 3 heteroatoms. The molecule has 1 aromatic heterocycles. The van der Waals surface area contributed by atoms with Crippen LogP contribution in [0.4, 0.5) is 0 Å². The van der Waals surface area contributed by atoms with Gasteiger partial charge in [-0.3, -0.25) is 0 Å². The maximum atomic E-state index is 4.29. The number of benzene rings is 1. The topological polar surface area (TPSA) is 25.8 Å². The summed E-state index contributed by atoms with van der Waals surface area (Å²) in [5.74, 6) is 0. The number of allylic oxidation sites excluding steroid dienone is 1. The molecule has 0 fully saturated rings. The van der Waals surface area contributed by atoms with Gasteiger partial charge in [0.2, 0.25) is 0 Å². The van der Waals surface area contributed by atoms with Gasteiger partial charge in [0.15, 0.2) is 0 Å². The molecule has 0 unspecified atom stereocenters. The second kappa shape index (κ2) is 7.19.